The second-order valence-corrected chi connectivity index (χ2v) is 8.07. The van der Waals surface area contributed by atoms with Gasteiger partial charge >= 0.3 is 0 Å². The lowest BCUT2D eigenvalue weighted by Gasteiger charge is -2.18. The van der Waals surface area contributed by atoms with Gasteiger partial charge in [0.05, 0.1) is 0 Å². The van der Waals surface area contributed by atoms with E-state index in [4.69, 9.17) is 4.74 Å². The highest BCUT2D eigenvalue weighted by molar-refractivity contribution is 5.97. The van der Waals surface area contributed by atoms with E-state index in [1.165, 1.54) is 0 Å². The van der Waals surface area contributed by atoms with Gasteiger partial charge in [-0.1, -0.05) is 51.0 Å². The van der Waals surface area contributed by atoms with E-state index in [1.807, 2.05) is 48.5 Å². The summed E-state index contributed by atoms with van der Waals surface area (Å²) in [5, 5.41) is 3.01. The Kier molecular flexibility index (Phi) is 7.83. The molecule has 2 aromatic carbocycles. The lowest BCUT2D eigenvalue weighted by Crippen LogP contribution is -2.13. The number of hydrogen-bond acceptors (Lipinski definition) is 3. The molecular weight excluding hydrogens is 374 g/mol. The molecule has 0 fully saturated rings. The molecule has 0 aliphatic heterocycles. The number of fused-ring (bicyclic) bond motifs is 1. The molecule has 0 radical (unpaired) electrons. The molecule has 158 valence electrons. The summed E-state index contributed by atoms with van der Waals surface area (Å²) in [6, 6.07) is 15.4. The van der Waals surface area contributed by atoms with Gasteiger partial charge in [0.25, 0.3) is 0 Å². The van der Waals surface area contributed by atoms with Crippen LogP contribution in [0, 0.1) is 5.92 Å². The van der Waals surface area contributed by atoms with Crippen LogP contribution in [0.1, 0.15) is 63.5 Å². The minimum Gasteiger partial charge on any atom is -0.457 e. The van der Waals surface area contributed by atoms with E-state index in [9.17, 15) is 9.59 Å². The normalized spacial score (nSPS) is 14.7. The van der Waals surface area contributed by atoms with Crippen LogP contribution in [0.4, 0.5) is 5.69 Å². The van der Waals surface area contributed by atoms with Crippen molar-refractivity contribution in [2.45, 2.75) is 58.8 Å². The number of benzene rings is 2. The van der Waals surface area contributed by atoms with Gasteiger partial charge in [0.2, 0.25) is 5.91 Å². The van der Waals surface area contributed by atoms with Crippen LogP contribution in [0.3, 0.4) is 0 Å². The van der Waals surface area contributed by atoms with Crippen molar-refractivity contribution >= 4 is 23.1 Å². The molecule has 30 heavy (non-hydrogen) atoms. The molecule has 0 bridgehead atoms. The van der Waals surface area contributed by atoms with Crippen LogP contribution < -0.4 is 10.1 Å². The summed E-state index contributed by atoms with van der Waals surface area (Å²) < 4.78 is 6.08. The quantitative estimate of drug-likeness (QED) is 0.572. The Hall–Kier alpha value is -2.88. The molecule has 1 N–H and O–H groups in total. The highest BCUT2D eigenvalue weighted by atomic mass is 16.5. The molecule has 1 unspecified atom stereocenters. The van der Waals surface area contributed by atoms with E-state index in [-0.39, 0.29) is 11.7 Å². The summed E-state index contributed by atoms with van der Waals surface area (Å²) in [7, 11) is 0. The Bertz CT molecular complexity index is 902. The van der Waals surface area contributed by atoms with E-state index in [2.05, 4.69) is 19.2 Å². The maximum Gasteiger partial charge on any atom is 0.224 e. The third-order valence-corrected chi connectivity index (χ3v) is 5.59. The molecule has 0 saturated heterocycles. The molecule has 3 rings (SSSR count). The zero-order valence-corrected chi connectivity index (χ0v) is 17.9. The number of aryl methyl sites for hydroxylation is 1. The van der Waals surface area contributed by atoms with Crippen LogP contribution in [0.2, 0.25) is 0 Å². The minimum absolute atomic E-state index is 0.0229. The van der Waals surface area contributed by atoms with Gasteiger partial charge in [0, 0.05) is 30.2 Å². The number of ether oxygens (including phenoxy) is 1. The van der Waals surface area contributed by atoms with Crippen molar-refractivity contribution < 1.29 is 14.3 Å². The minimum atomic E-state index is 0.0229. The number of nitrogens with one attached hydrogen (secondary N) is 1. The highest BCUT2D eigenvalue weighted by Crippen LogP contribution is 2.29. The summed E-state index contributed by atoms with van der Waals surface area (Å²) >= 11 is 0. The van der Waals surface area contributed by atoms with E-state index < -0.39 is 0 Å². The first-order chi connectivity index (χ1) is 14.5. The van der Waals surface area contributed by atoms with Crippen LogP contribution >= 0.6 is 0 Å². The van der Waals surface area contributed by atoms with E-state index in [1.54, 1.807) is 6.08 Å². The first-order valence-electron chi connectivity index (χ1n) is 11.0. The summed E-state index contributed by atoms with van der Waals surface area (Å²) in [5.41, 5.74) is 2.72. The maximum absolute atomic E-state index is 12.4. The number of amides is 1. The average molecular weight is 406 g/mol. The average Bonchev–Trinajstić information content (AvgIpc) is 2.73. The second-order valence-electron chi connectivity index (χ2n) is 8.07. The van der Waals surface area contributed by atoms with Crippen molar-refractivity contribution in [3.05, 3.63) is 65.7 Å². The number of hydrogen-bond donors (Lipinski definition) is 1. The Morgan fingerprint density at radius 3 is 2.70 bits per heavy atom. The Balaban J connectivity index is 1.78. The fraction of sp³-hybridized carbons (Fsp3) is 0.385. The van der Waals surface area contributed by atoms with Crippen molar-refractivity contribution in [3.63, 3.8) is 0 Å². The molecule has 4 nitrogen and oxygen atoms in total. The number of carbonyl (C=O) groups is 2. The molecule has 1 atom stereocenters. The standard InChI is InChI=1S/C26H31NO3/c1-3-19(2)9-7-14-26(29)27-21-16-15-20-10-8-11-22(28)18-25(24(20)17-21)30-23-12-5-4-6-13-23/h4-6,12-13,15-19H,3,7-11,14H2,1-2H3,(H,27,29). The molecule has 2 aromatic rings. The number of carbonyl (C=O) groups excluding carboxylic acids is 2. The van der Waals surface area contributed by atoms with Crippen LogP contribution in [-0.4, -0.2) is 11.7 Å². The first kappa shape index (κ1) is 21.8. The molecule has 0 aromatic heterocycles. The molecule has 4 heteroatoms. The largest absolute Gasteiger partial charge is 0.457 e. The molecule has 0 saturated carbocycles. The lowest BCUT2D eigenvalue weighted by molar-refractivity contribution is -0.116. The predicted molar refractivity (Wildman–Crippen MR) is 121 cm³/mol. The van der Waals surface area contributed by atoms with Crippen molar-refractivity contribution in [3.8, 4) is 5.75 Å². The van der Waals surface area contributed by atoms with Crippen molar-refractivity contribution in [1.82, 2.24) is 0 Å². The zero-order chi connectivity index (χ0) is 21.3. The second kappa shape index (κ2) is 10.8. The van der Waals surface area contributed by atoms with Gasteiger partial charge in [-0.05, 0) is 55.0 Å². The molecule has 0 heterocycles. The highest BCUT2D eigenvalue weighted by Gasteiger charge is 2.17. The summed E-state index contributed by atoms with van der Waals surface area (Å²) in [5.74, 6) is 1.95. The van der Waals surface area contributed by atoms with Gasteiger partial charge in [-0.25, -0.2) is 0 Å². The topological polar surface area (TPSA) is 55.4 Å². The number of anilines is 1. The number of ketones is 1. The van der Waals surface area contributed by atoms with E-state index in [0.29, 0.717) is 30.3 Å². The van der Waals surface area contributed by atoms with Crippen LogP contribution in [-0.2, 0) is 16.0 Å². The van der Waals surface area contributed by atoms with E-state index in [0.717, 1.165) is 48.9 Å². The van der Waals surface area contributed by atoms with Crippen molar-refractivity contribution in [2.75, 3.05) is 5.32 Å². The fourth-order valence-electron chi connectivity index (χ4n) is 3.59. The third-order valence-electron chi connectivity index (χ3n) is 5.59. The Labute approximate surface area is 179 Å². The molecule has 1 amide bonds. The van der Waals surface area contributed by atoms with Gasteiger partial charge in [0.15, 0.2) is 5.78 Å². The Morgan fingerprint density at radius 1 is 1.13 bits per heavy atom. The van der Waals surface area contributed by atoms with Gasteiger partial charge in [-0.3, -0.25) is 9.59 Å². The number of rotatable bonds is 8. The van der Waals surface area contributed by atoms with Crippen molar-refractivity contribution in [2.24, 2.45) is 5.92 Å². The summed E-state index contributed by atoms with van der Waals surface area (Å²) in [6.07, 6.45) is 7.32. The predicted octanol–water partition coefficient (Wildman–Crippen LogP) is 6.17. The lowest BCUT2D eigenvalue weighted by atomic mass is 9.95. The summed E-state index contributed by atoms with van der Waals surface area (Å²) in [6.45, 7) is 4.39. The Morgan fingerprint density at radius 2 is 1.93 bits per heavy atom. The van der Waals surface area contributed by atoms with Crippen LogP contribution in [0.25, 0.3) is 5.76 Å². The maximum atomic E-state index is 12.4. The number of para-hydroxylation sites is 1. The van der Waals surface area contributed by atoms with Crippen LogP contribution in [0.15, 0.2) is 54.6 Å². The third kappa shape index (κ3) is 6.31. The molecule has 1 aliphatic carbocycles. The molecule has 0 spiro atoms. The monoisotopic (exact) mass is 405 g/mol. The zero-order valence-electron chi connectivity index (χ0n) is 17.9. The molecular formula is C26H31NO3. The van der Waals surface area contributed by atoms with Crippen molar-refractivity contribution in [1.29, 1.82) is 0 Å². The van der Waals surface area contributed by atoms with Gasteiger partial charge < -0.3 is 10.1 Å². The SMILES string of the molecule is CCC(C)CCCC(=O)Nc1ccc2c(c1)C(Oc1ccccc1)=CC(=O)CCC2. The smallest absolute Gasteiger partial charge is 0.224 e. The van der Waals surface area contributed by atoms with E-state index >= 15 is 0 Å². The first-order valence-corrected chi connectivity index (χ1v) is 11.0. The van der Waals surface area contributed by atoms with Gasteiger partial charge in [0.1, 0.15) is 11.5 Å². The van der Waals surface area contributed by atoms with Gasteiger partial charge in [-0.2, -0.15) is 0 Å². The fourth-order valence-corrected chi connectivity index (χ4v) is 3.59. The van der Waals surface area contributed by atoms with Crippen LogP contribution in [0.5, 0.6) is 5.75 Å². The molecule has 1 aliphatic rings. The summed E-state index contributed by atoms with van der Waals surface area (Å²) in [4.78, 5) is 24.7. The van der Waals surface area contributed by atoms with Gasteiger partial charge in [-0.15, -0.1) is 0 Å². The number of allylic oxidation sites excluding steroid dienone is 1.